The third-order valence-corrected chi connectivity index (χ3v) is 1.21. The van der Waals surface area contributed by atoms with Crippen molar-refractivity contribution in [1.29, 1.82) is 0 Å². The van der Waals surface area contributed by atoms with Crippen LogP contribution in [0.5, 0.6) is 0 Å². The molecule has 0 aliphatic heterocycles. The van der Waals surface area contributed by atoms with Crippen LogP contribution in [0.4, 0.5) is 0 Å². The van der Waals surface area contributed by atoms with Crippen LogP contribution < -0.4 is 5.14 Å². The Balaban J connectivity index is 4.25. The van der Waals surface area contributed by atoms with Gasteiger partial charge in [-0.3, -0.25) is 0 Å². The second-order valence-corrected chi connectivity index (χ2v) is 4.60. The molecule has 4 nitrogen and oxygen atoms in total. The van der Waals surface area contributed by atoms with Crippen molar-refractivity contribution in [2.24, 2.45) is 5.14 Å². The summed E-state index contributed by atoms with van der Waals surface area (Å²) in [4.78, 5) is 0. The zero-order chi connectivity index (χ0) is 5.21. The average molecular weight is 129 g/mol. The molecule has 1 atom stereocenters. The molecule has 1 unspecified atom stereocenters. The number of rotatable bonds is 1. The second-order valence-electron chi connectivity index (χ2n) is 0.685. The molecule has 0 aromatic heterocycles. The monoisotopic (exact) mass is 129 g/mol. The van der Waals surface area contributed by atoms with Crippen molar-refractivity contribution < 1.29 is 13.0 Å². The summed E-state index contributed by atoms with van der Waals surface area (Å²) in [7, 11) is -5.47. The molecule has 38 valence electrons. The van der Waals surface area contributed by atoms with Gasteiger partial charge in [0.05, 0.1) is 0 Å². The Hall–Kier alpha value is 0.140. The highest BCUT2D eigenvalue weighted by atomic mass is 32.8. The van der Waals surface area contributed by atoms with Crippen LogP contribution in [0.25, 0.3) is 0 Å². The van der Waals surface area contributed by atoms with Crippen LogP contribution in [-0.2, 0) is 14.2 Å². The zero-order valence-electron chi connectivity index (χ0n) is 2.79. The first-order chi connectivity index (χ1) is 2.56. The van der Waals surface area contributed by atoms with E-state index in [-0.39, 0.29) is 0 Å². The van der Waals surface area contributed by atoms with Crippen LogP contribution in [0.3, 0.4) is 0 Å². The lowest BCUT2D eigenvalue weighted by atomic mass is 14.0. The van der Waals surface area contributed by atoms with E-state index in [2.05, 4.69) is 5.14 Å². The Labute approximate surface area is 36.3 Å². The topological polar surface area (TPSA) is 77.2 Å². The summed E-state index contributed by atoms with van der Waals surface area (Å²) >= 11 is 0. The van der Waals surface area contributed by atoms with Crippen LogP contribution >= 0.6 is 7.66 Å². The first-order valence-electron chi connectivity index (χ1n) is 1.04. The van der Waals surface area contributed by atoms with E-state index in [0.29, 0.717) is 0 Å². The summed E-state index contributed by atoms with van der Waals surface area (Å²) in [6.45, 7) is 0. The van der Waals surface area contributed by atoms with E-state index in [0.717, 1.165) is 0 Å². The lowest BCUT2D eigenvalue weighted by Gasteiger charge is -1.72. The van der Waals surface area contributed by atoms with Gasteiger partial charge in [0.1, 0.15) is 0 Å². The first-order valence-corrected chi connectivity index (χ1v) is 4.54. The molecule has 0 fully saturated rings. The molecule has 0 bridgehead atoms. The molecule has 0 saturated heterocycles. The van der Waals surface area contributed by atoms with Gasteiger partial charge in [-0.2, -0.15) is 0 Å². The number of nitrogens with two attached hydrogens (primary N) is 1. The summed E-state index contributed by atoms with van der Waals surface area (Å²) in [5.41, 5.74) is 0. The molecule has 0 saturated carbocycles. The highest BCUT2D eigenvalue weighted by molar-refractivity contribution is 8.38. The maximum Gasteiger partial charge on any atom is 0.254 e. The molecule has 6 heavy (non-hydrogen) atoms. The van der Waals surface area contributed by atoms with Crippen molar-refractivity contribution >= 4 is 17.3 Å². The Morgan fingerprint density at radius 3 is 1.67 bits per heavy atom. The Morgan fingerprint density at radius 1 is 1.50 bits per heavy atom. The fraction of sp³-hybridized carbons (Fsp3) is 0. The normalized spacial score (nSPS) is 13.5. The molecule has 0 amide bonds. The molecule has 2 N–H and O–H groups in total. The quantitative estimate of drug-likeness (QED) is 0.458. The van der Waals surface area contributed by atoms with Gasteiger partial charge in [0.2, 0.25) is 0 Å². The molecule has 0 heterocycles. The Bertz CT molecular complexity index is 121. The number of hydrogen-bond acceptors (Lipinski definition) is 3. The summed E-state index contributed by atoms with van der Waals surface area (Å²) < 4.78 is 28.3. The minimum atomic E-state index is -3.63. The van der Waals surface area contributed by atoms with Crippen molar-refractivity contribution in [3.8, 4) is 0 Å². The third kappa shape index (κ3) is 4.14. The van der Waals surface area contributed by atoms with Crippen molar-refractivity contribution in [1.82, 2.24) is 0 Å². The van der Waals surface area contributed by atoms with Crippen molar-refractivity contribution in [3.63, 3.8) is 0 Å². The van der Waals surface area contributed by atoms with Crippen LogP contribution in [0.1, 0.15) is 0 Å². The summed E-state index contributed by atoms with van der Waals surface area (Å²) in [5.74, 6) is 0. The van der Waals surface area contributed by atoms with E-state index in [1.165, 1.54) is 0 Å². The van der Waals surface area contributed by atoms with Crippen molar-refractivity contribution in [3.05, 3.63) is 0 Å². The highest BCUT2D eigenvalue weighted by Crippen LogP contribution is 1.95. The van der Waals surface area contributed by atoms with Crippen molar-refractivity contribution in [2.75, 3.05) is 0 Å². The zero-order valence-corrected chi connectivity index (χ0v) is 4.76. The van der Waals surface area contributed by atoms with E-state index in [1.54, 1.807) is 0 Å². The fourth-order valence-electron chi connectivity index (χ4n) is 0. The highest BCUT2D eigenvalue weighted by Gasteiger charge is 1.89. The van der Waals surface area contributed by atoms with Crippen LogP contribution in [0.15, 0.2) is 0 Å². The smallest absolute Gasteiger partial charge is 0.254 e. The molecule has 0 aromatic rings. The number of hydrogen-bond donors (Lipinski definition) is 1. The predicted molar refractivity (Wildman–Crippen MR) is 23.5 cm³/mol. The predicted octanol–water partition coefficient (Wildman–Crippen LogP) is -1.05. The largest absolute Gasteiger partial charge is 0.312 e. The van der Waals surface area contributed by atoms with Crippen LogP contribution in [0.2, 0.25) is 0 Å². The van der Waals surface area contributed by atoms with E-state index >= 15 is 0 Å². The SMILES string of the molecule is NS(=O)(=O)[PH2]=O. The van der Waals surface area contributed by atoms with Gasteiger partial charge in [0.15, 0.2) is 7.66 Å². The standard InChI is InChI=1S/H4NO3PS/c1-6(3,4)5-2/h5H2,(H2,1,3,4). The first kappa shape index (κ1) is 6.14. The van der Waals surface area contributed by atoms with Crippen LogP contribution in [-0.4, -0.2) is 8.42 Å². The van der Waals surface area contributed by atoms with E-state index in [9.17, 15) is 13.0 Å². The van der Waals surface area contributed by atoms with E-state index < -0.39 is 17.3 Å². The third-order valence-electron chi connectivity index (χ3n) is 0.134. The molecular formula is H4NO3PS. The Kier molecular flexibility index (Phi) is 1.77. The van der Waals surface area contributed by atoms with Crippen molar-refractivity contribution in [2.45, 2.75) is 0 Å². The van der Waals surface area contributed by atoms with Crippen LogP contribution in [0, 0.1) is 0 Å². The van der Waals surface area contributed by atoms with Gasteiger partial charge in [-0.1, -0.05) is 0 Å². The van der Waals surface area contributed by atoms with Gasteiger partial charge in [0.25, 0.3) is 9.64 Å². The molecular weight excluding hydrogens is 125 g/mol. The minimum Gasteiger partial charge on any atom is -0.312 e. The summed E-state index contributed by atoms with van der Waals surface area (Å²) in [6, 6.07) is 0. The van der Waals surface area contributed by atoms with E-state index in [1.807, 2.05) is 0 Å². The van der Waals surface area contributed by atoms with Gasteiger partial charge in [-0.05, 0) is 0 Å². The minimum absolute atomic E-state index is 1.84. The van der Waals surface area contributed by atoms with Gasteiger partial charge in [-0.15, -0.1) is 0 Å². The molecule has 6 heteroatoms. The molecule has 0 radical (unpaired) electrons. The maximum atomic E-state index is 9.50. The van der Waals surface area contributed by atoms with Gasteiger partial charge in [0, 0.05) is 0 Å². The molecule has 0 aliphatic carbocycles. The summed E-state index contributed by atoms with van der Waals surface area (Å²) in [5, 5.41) is 4.23. The van der Waals surface area contributed by atoms with Gasteiger partial charge >= 0.3 is 0 Å². The molecule has 0 aromatic carbocycles. The van der Waals surface area contributed by atoms with E-state index in [4.69, 9.17) is 0 Å². The molecule has 0 rings (SSSR count). The molecule has 0 spiro atoms. The fourth-order valence-corrected chi connectivity index (χ4v) is 0. The maximum absolute atomic E-state index is 9.50. The molecule has 0 aliphatic rings. The second kappa shape index (κ2) is 1.73. The average Bonchev–Trinajstić information content (AvgIpc) is 1.35. The van der Waals surface area contributed by atoms with Gasteiger partial charge < -0.3 is 4.57 Å². The van der Waals surface area contributed by atoms with Gasteiger partial charge in [-0.25, -0.2) is 13.6 Å². The lowest BCUT2D eigenvalue weighted by molar-refractivity contribution is 0.589. The lowest BCUT2D eigenvalue weighted by Crippen LogP contribution is -2.00. The Morgan fingerprint density at radius 2 is 1.67 bits per heavy atom. The summed E-state index contributed by atoms with van der Waals surface area (Å²) in [6.07, 6.45) is 0.